The molecule has 0 aliphatic carbocycles. The molecule has 18 heavy (non-hydrogen) atoms. The first-order valence-corrected chi connectivity index (χ1v) is 6.83. The third-order valence-corrected chi connectivity index (χ3v) is 4.20. The zero-order chi connectivity index (χ0) is 11.9. The van der Waals surface area contributed by atoms with Crippen LogP contribution in [-0.4, -0.2) is 4.57 Å². The first kappa shape index (κ1) is 9.92. The molecule has 2 aromatic carbocycles. The summed E-state index contributed by atoms with van der Waals surface area (Å²) >= 11 is 1.79. The summed E-state index contributed by atoms with van der Waals surface area (Å²) in [7, 11) is 0. The first-order valence-electron chi connectivity index (χ1n) is 5.95. The van der Waals surface area contributed by atoms with E-state index in [1.807, 2.05) is 0 Å². The van der Waals surface area contributed by atoms with Crippen LogP contribution in [0.3, 0.4) is 0 Å². The summed E-state index contributed by atoms with van der Waals surface area (Å²) in [5.74, 6) is 0. The number of benzene rings is 2. The van der Waals surface area contributed by atoms with Gasteiger partial charge in [0.1, 0.15) is 0 Å². The Kier molecular flexibility index (Phi) is 2.05. The lowest BCUT2D eigenvalue weighted by atomic mass is 10.2. The van der Waals surface area contributed by atoms with Crippen LogP contribution in [0.25, 0.3) is 26.7 Å². The van der Waals surface area contributed by atoms with E-state index < -0.39 is 0 Å². The lowest BCUT2D eigenvalue weighted by Crippen LogP contribution is -1.90. The Labute approximate surface area is 109 Å². The van der Waals surface area contributed by atoms with E-state index in [4.69, 9.17) is 0 Å². The van der Waals surface area contributed by atoms with Gasteiger partial charge in [-0.1, -0.05) is 24.3 Å². The number of rotatable bonds is 1. The first-order chi connectivity index (χ1) is 8.92. The average Bonchev–Trinajstić information content (AvgIpc) is 3.04. The van der Waals surface area contributed by atoms with Crippen molar-refractivity contribution in [2.75, 3.05) is 0 Å². The maximum atomic E-state index is 2.26. The molecule has 0 saturated carbocycles. The normalized spacial score (nSPS) is 11.3. The van der Waals surface area contributed by atoms with E-state index in [0.717, 1.165) is 0 Å². The van der Waals surface area contributed by atoms with Gasteiger partial charge in [0.25, 0.3) is 0 Å². The van der Waals surface area contributed by atoms with Gasteiger partial charge in [-0.3, -0.25) is 0 Å². The van der Waals surface area contributed by atoms with Gasteiger partial charge >= 0.3 is 0 Å². The van der Waals surface area contributed by atoms with Crippen molar-refractivity contribution in [3.63, 3.8) is 0 Å². The highest BCUT2D eigenvalue weighted by Crippen LogP contribution is 2.26. The minimum atomic E-state index is 1.23. The summed E-state index contributed by atoms with van der Waals surface area (Å²) < 4.78 is 3.58. The monoisotopic (exact) mass is 249 g/mol. The highest BCUT2D eigenvalue weighted by Gasteiger charge is 2.03. The number of thiophene rings is 1. The molecule has 1 nitrogen and oxygen atoms in total. The topological polar surface area (TPSA) is 4.93 Å². The summed E-state index contributed by atoms with van der Waals surface area (Å²) in [6, 6.07) is 19.4. The number of aromatic nitrogens is 1. The zero-order valence-corrected chi connectivity index (χ0v) is 10.5. The molecule has 2 aromatic heterocycles. The maximum Gasteiger partial charge on any atom is 0.0528 e. The summed E-state index contributed by atoms with van der Waals surface area (Å²) in [5, 5.41) is 4.74. The van der Waals surface area contributed by atoms with Crippen molar-refractivity contribution in [2.45, 2.75) is 0 Å². The quantitative estimate of drug-likeness (QED) is 0.454. The van der Waals surface area contributed by atoms with Crippen LogP contribution in [0.1, 0.15) is 0 Å². The van der Waals surface area contributed by atoms with Gasteiger partial charge in [0.2, 0.25) is 0 Å². The van der Waals surface area contributed by atoms with E-state index in [1.54, 1.807) is 11.3 Å². The van der Waals surface area contributed by atoms with Gasteiger partial charge in [-0.2, -0.15) is 0 Å². The molecule has 2 heteroatoms. The van der Waals surface area contributed by atoms with Gasteiger partial charge in [0, 0.05) is 16.6 Å². The van der Waals surface area contributed by atoms with Crippen LogP contribution in [0.5, 0.6) is 0 Å². The molecular formula is C16H11NS. The van der Waals surface area contributed by atoms with E-state index in [-0.39, 0.29) is 0 Å². The highest BCUT2D eigenvalue weighted by molar-refractivity contribution is 7.17. The minimum Gasteiger partial charge on any atom is -0.317 e. The molecule has 0 radical (unpaired) electrons. The van der Waals surface area contributed by atoms with Crippen LogP contribution in [0, 0.1) is 0 Å². The zero-order valence-electron chi connectivity index (χ0n) is 9.71. The van der Waals surface area contributed by atoms with Crippen molar-refractivity contribution < 1.29 is 0 Å². The third-order valence-electron chi connectivity index (χ3n) is 3.32. The van der Waals surface area contributed by atoms with Crippen molar-refractivity contribution in [1.82, 2.24) is 4.57 Å². The second-order valence-corrected chi connectivity index (χ2v) is 5.33. The number of nitrogens with zero attached hydrogens (tertiary/aromatic N) is 1. The number of hydrogen-bond acceptors (Lipinski definition) is 1. The van der Waals surface area contributed by atoms with E-state index >= 15 is 0 Å². The van der Waals surface area contributed by atoms with Crippen LogP contribution in [0.4, 0.5) is 0 Å². The largest absolute Gasteiger partial charge is 0.317 e. The molecule has 2 heterocycles. The van der Waals surface area contributed by atoms with Crippen LogP contribution in [0.15, 0.2) is 66.2 Å². The Balaban J connectivity index is 2.00. The molecule has 0 atom stereocenters. The molecule has 0 aliphatic heterocycles. The van der Waals surface area contributed by atoms with Crippen LogP contribution in [-0.2, 0) is 0 Å². The second kappa shape index (κ2) is 3.72. The van der Waals surface area contributed by atoms with Crippen molar-refractivity contribution >= 4 is 32.3 Å². The van der Waals surface area contributed by atoms with Crippen molar-refractivity contribution in [1.29, 1.82) is 0 Å². The third kappa shape index (κ3) is 1.39. The molecule has 4 aromatic rings. The number of hydrogen-bond donors (Lipinski definition) is 0. The van der Waals surface area contributed by atoms with E-state index in [9.17, 15) is 0 Å². The lowest BCUT2D eigenvalue weighted by Gasteiger charge is -2.05. The van der Waals surface area contributed by atoms with Gasteiger partial charge in [0.05, 0.1) is 5.52 Å². The van der Waals surface area contributed by atoms with E-state index in [2.05, 4.69) is 70.7 Å². The fourth-order valence-corrected chi connectivity index (χ4v) is 3.22. The van der Waals surface area contributed by atoms with E-state index in [1.165, 1.54) is 26.7 Å². The standard InChI is InChI=1S/C16H11NS/c1-2-4-15-12(3-1)7-9-17(15)14-6-5-13-8-10-18-16(13)11-14/h1-11H. The van der Waals surface area contributed by atoms with Gasteiger partial charge < -0.3 is 4.57 Å². The van der Waals surface area contributed by atoms with Crippen molar-refractivity contribution in [3.8, 4) is 5.69 Å². The summed E-state index contributed by atoms with van der Waals surface area (Å²) in [6.45, 7) is 0. The molecule has 0 amide bonds. The predicted molar refractivity (Wildman–Crippen MR) is 78.7 cm³/mol. The molecule has 0 N–H and O–H groups in total. The molecule has 86 valence electrons. The van der Waals surface area contributed by atoms with Gasteiger partial charge in [-0.25, -0.2) is 0 Å². The Hall–Kier alpha value is -2.06. The molecule has 0 bridgehead atoms. The molecule has 0 saturated heterocycles. The Bertz CT molecular complexity index is 838. The number of para-hydroxylation sites is 1. The van der Waals surface area contributed by atoms with Crippen molar-refractivity contribution in [2.24, 2.45) is 0 Å². The van der Waals surface area contributed by atoms with Crippen LogP contribution >= 0.6 is 11.3 Å². The SMILES string of the molecule is c1ccc2c(c1)ccn2-c1ccc2ccsc2c1. The van der Waals surface area contributed by atoms with Crippen LogP contribution in [0.2, 0.25) is 0 Å². The summed E-state index contributed by atoms with van der Waals surface area (Å²) in [6.07, 6.45) is 2.14. The number of fused-ring (bicyclic) bond motifs is 2. The van der Waals surface area contributed by atoms with Crippen molar-refractivity contribution in [3.05, 3.63) is 66.2 Å². The summed E-state index contributed by atoms with van der Waals surface area (Å²) in [5.41, 5.74) is 2.49. The summed E-state index contributed by atoms with van der Waals surface area (Å²) in [4.78, 5) is 0. The fraction of sp³-hybridized carbons (Fsp3) is 0. The Morgan fingerprint density at radius 2 is 1.78 bits per heavy atom. The molecule has 0 fully saturated rings. The average molecular weight is 249 g/mol. The Morgan fingerprint density at radius 3 is 2.78 bits per heavy atom. The molecule has 0 aliphatic rings. The van der Waals surface area contributed by atoms with Gasteiger partial charge in [-0.05, 0) is 46.5 Å². The van der Waals surface area contributed by atoms with E-state index in [0.29, 0.717) is 0 Å². The molecular weight excluding hydrogens is 238 g/mol. The molecule has 0 unspecified atom stereocenters. The van der Waals surface area contributed by atoms with Gasteiger partial charge in [-0.15, -0.1) is 11.3 Å². The minimum absolute atomic E-state index is 1.23. The van der Waals surface area contributed by atoms with Gasteiger partial charge in [0.15, 0.2) is 0 Å². The fourth-order valence-electron chi connectivity index (χ4n) is 2.40. The predicted octanol–water partition coefficient (Wildman–Crippen LogP) is 4.85. The maximum absolute atomic E-state index is 2.26. The van der Waals surface area contributed by atoms with Crippen LogP contribution < -0.4 is 0 Å². The molecule has 0 spiro atoms. The highest BCUT2D eigenvalue weighted by atomic mass is 32.1. The smallest absolute Gasteiger partial charge is 0.0528 e. The molecule has 4 rings (SSSR count). The Morgan fingerprint density at radius 1 is 0.833 bits per heavy atom. The lowest BCUT2D eigenvalue weighted by molar-refractivity contribution is 1.13. The second-order valence-electron chi connectivity index (χ2n) is 4.39.